The Labute approximate surface area is 126 Å². The van der Waals surface area contributed by atoms with Gasteiger partial charge in [-0.25, -0.2) is 0 Å². The molecule has 0 spiro atoms. The van der Waals surface area contributed by atoms with Crippen LogP contribution in [0.15, 0.2) is 0 Å². The average molecular weight is 294 g/mol. The van der Waals surface area contributed by atoms with Crippen LogP contribution < -0.4 is 0 Å². The zero-order valence-electron chi connectivity index (χ0n) is 13.2. The van der Waals surface area contributed by atoms with Crippen molar-refractivity contribution in [1.82, 2.24) is 0 Å². The number of carboxylic acid groups (broad SMARTS) is 1. The van der Waals surface area contributed by atoms with Crippen LogP contribution in [0, 0.1) is 35.5 Å². The van der Waals surface area contributed by atoms with E-state index in [2.05, 4.69) is 6.92 Å². The maximum absolute atomic E-state index is 12.4. The van der Waals surface area contributed by atoms with E-state index in [1.165, 1.54) is 19.3 Å². The number of esters is 1. The number of hydrogen-bond donors (Lipinski definition) is 1. The predicted molar refractivity (Wildman–Crippen MR) is 77.5 cm³/mol. The van der Waals surface area contributed by atoms with Crippen LogP contribution in [0.25, 0.3) is 0 Å². The van der Waals surface area contributed by atoms with Gasteiger partial charge < -0.3 is 9.84 Å². The van der Waals surface area contributed by atoms with E-state index in [1.54, 1.807) is 13.8 Å². The molecule has 5 unspecified atom stereocenters. The molecule has 0 amide bonds. The van der Waals surface area contributed by atoms with E-state index >= 15 is 0 Å². The molecule has 0 heterocycles. The third-order valence-electron chi connectivity index (χ3n) is 6.56. The molecule has 0 aromatic rings. The van der Waals surface area contributed by atoms with Crippen LogP contribution in [0.4, 0.5) is 0 Å². The predicted octanol–water partition coefficient (Wildman–Crippen LogP) is 3.10. The lowest BCUT2D eigenvalue weighted by Gasteiger charge is -2.59. The van der Waals surface area contributed by atoms with Crippen LogP contribution >= 0.6 is 0 Å². The number of aliphatic carboxylic acids is 1. The standard InChI is InChI=1S/C17H26O4/c1-9(15(18)19)10(2)16(20)21-17-7-12-4-13(8-17)6-14(5-12)11(17)3/h9-14H,4-8H2,1-3H3,(H,18,19). The Balaban J connectivity index is 1.74. The minimum Gasteiger partial charge on any atom is -0.481 e. The van der Waals surface area contributed by atoms with Gasteiger partial charge in [-0.05, 0) is 55.8 Å². The van der Waals surface area contributed by atoms with E-state index in [9.17, 15) is 9.59 Å². The van der Waals surface area contributed by atoms with Gasteiger partial charge in [0.15, 0.2) is 0 Å². The highest BCUT2D eigenvalue weighted by molar-refractivity contribution is 5.80. The summed E-state index contributed by atoms with van der Waals surface area (Å²) in [6.07, 6.45) is 5.85. The summed E-state index contributed by atoms with van der Waals surface area (Å²) in [7, 11) is 0. The lowest BCUT2D eigenvalue weighted by atomic mass is 9.50. The molecular formula is C17H26O4. The normalized spacial score (nSPS) is 43.4. The van der Waals surface area contributed by atoms with E-state index in [1.807, 2.05) is 0 Å². The van der Waals surface area contributed by atoms with Crippen molar-refractivity contribution in [3.05, 3.63) is 0 Å². The number of rotatable bonds is 4. The smallest absolute Gasteiger partial charge is 0.310 e. The summed E-state index contributed by atoms with van der Waals surface area (Å²) in [6.45, 7) is 5.48. The molecule has 4 aliphatic carbocycles. The first-order valence-electron chi connectivity index (χ1n) is 8.28. The van der Waals surface area contributed by atoms with Crippen molar-refractivity contribution in [2.24, 2.45) is 35.5 Å². The number of carbonyl (C=O) groups is 2. The van der Waals surface area contributed by atoms with E-state index in [0.717, 1.165) is 12.8 Å². The summed E-state index contributed by atoms with van der Waals surface area (Å²) >= 11 is 0. The summed E-state index contributed by atoms with van der Waals surface area (Å²) in [5.74, 6) is -0.00335. The van der Waals surface area contributed by atoms with Crippen LogP contribution in [0.1, 0.15) is 52.9 Å². The zero-order chi connectivity index (χ0) is 15.4. The van der Waals surface area contributed by atoms with Gasteiger partial charge in [0.1, 0.15) is 5.60 Å². The van der Waals surface area contributed by atoms with Crippen LogP contribution in [0.5, 0.6) is 0 Å². The van der Waals surface area contributed by atoms with E-state index in [4.69, 9.17) is 9.84 Å². The van der Waals surface area contributed by atoms with Gasteiger partial charge in [-0.2, -0.15) is 0 Å². The third kappa shape index (κ3) is 2.36. The highest BCUT2D eigenvalue weighted by atomic mass is 16.6. The van der Waals surface area contributed by atoms with Crippen molar-refractivity contribution in [2.45, 2.75) is 58.5 Å². The maximum atomic E-state index is 12.4. The van der Waals surface area contributed by atoms with Crippen LogP contribution in [-0.2, 0) is 14.3 Å². The fraction of sp³-hybridized carbons (Fsp3) is 0.882. The lowest BCUT2D eigenvalue weighted by molar-refractivity contribution is -0.210. The Morgan fingerprint density at radius 3 is 2.19 bits per heavy atom. The molecular weight excluding hydrogens is 268 g/mol. The molecule has 0 aliphatic heterocycles. The van der Waals surface area contributed by atoms with E-state index in [0.29, 0.717) is 23.7 Å². The topological polar surface area (TPSA) is 63.6 Å². The summed E-state index contributed by atoms with van der Waals surface area (Å²) in [4.78, 5) is 23.5. The molecule has 4 heteroatoms. The summed E-state index contributed by atoms with van der Waals surface area (Å²) in [5, 5.41) is 9.08. The highest BCUT2D eigenvalue weighted by Gasteiger charge is 2.57. The van der Waals surface area contributed by atoms with E-state index in [-0.39, 0.29) is 11.6 Å². The third-order valence-corrected chi connectivity index (χ3v) is 6.56. The quantitative estimate of drug-likeness (QED) is 0.809. The van der Waals surface area contributed by atoms with Crippen molar-refractivity contribution < 1.29 is 19.4 Å². The minimum absolute atomic E-state index is 0.307. The fourth-order valence-electron chi connectivity index (χ4n) is 5.11. The van der Waals surface area contributed by atoms with Gasteiger partial charge in [0, 0.05) is 0 Å². The second kappa shape index (κ2) is 4.99. The Morgan fingerprint density at radius 1 is 1.10 bits per heavy atom. The SMILES string of the molecule is CC(C(=O)O)C(C)C(=O)OC12CC3CC(CC(C3)C1C)C2. The van der Waals surface area contributed by atoms with Gasteiger partial charge in [-0.15, -0.1) is 0 Å². The molecule has 0 radical (unpaired) electrons. The molecule has 4 fully saturated rings. The number of carbonyl (C=O) groups excluding carboxylic acids is 1. The monoisotopic (exact) mass is 294 g/mol. The lowest BCUT2D eigenvalue weighted by Crippen LogP contribution is -2.58. The molecule has 0 saturated heterocycles. The van der Waals surface area contributed by atoms with Crippen molar-refractivity contribution in [1.29, 1.82) is 0 Å². The minimum atomic E-state index is -0.932. The van der Waals surface area contributed by atoms with E-state index < -0.39 is 17.8 Å². The molecule has 0 aromatic carbocycles. The Morgan fingerprint density at radius 2 is 1.67 bits per heavy atom. The second-order valence-electron chi connectivity index (χ2n) is 7.80. The number of carboxylic acids is 1. The molecule has 4 bridgehead atoms. The largest absolute Gasteiger partial charge is 0.481 e. The molecule has 0 aromatic heterocycles. The first-order chi connectivity index (χ1) is 9.82. The summed E-state index contributed by atoms with van der Waals surface area (Å²) in [6, 6.07) is 0. The Kier molecular flexibility index (Phi) is 3.53. The summed E-state index contributed by atoms with van der Waals surface area (Å²) in [5.41, 5.74) is -0.307. The van der Waals surface area contributed by atoms with Gasteiger partial charge >= 0.3 is 11.9 Å². The number of hydrogen-bond acceptors (Lipinski definition) is 3. The zero-order valence-corrected chi connectivity index (χ0v) is 13.2. The first kappa shape index (κ1) is 14.9. The number of ether oxygens (including phenoxy) is 1. The van der Waals surface area contributed by atoms with Gasteiger partial charge in [0.05, 0.1) is 11.8 Å². The van der Waals surface area contributed by atoms with Crippen LogP contribution in [0.3, 0.4) is 0 Å². The average Bonchev–Trinajstić information content (AvgIpc) is 2.41. The Bertz CT molecular complexity index is 444. The summed E-state index contributed by atoms with van der Waals surface area (Å²) < 4.78 is 5.99. The molecule has 21 heavy (non-hydrogen) atoms. The van der Waals surface area contributed by atoms with Crippen LogP contribution in [0.2, 0.25) is 0 Å². The highest BCUT2D eigenvalue weighted by Crippen LogP contribution is 2.59. The molecule has 5 atom stereocenters. The fourth-order valence-corrected chi connectivity index (χ4v) is 5.11. The molecule has 118 valence electrons. The molecule has 4 nitrogen and oxygen atoms in total. The maximum Gasteiger partial charge on any atom is 0.310 e. The van der Waals surface area contributed by atoms with Gasteiger partial charge in [0.2, 0.25) is 0 Å². The van der Waals surface area contributed by atoms with Gasteiger partial charge in [-0.1, -0.05) is 20.8 Å². The molecule has 4 saturated carbocycles. The van der Waals surface area contributed by atoms with Crippen molar-refractivity contribution in [3.8, 4) is 0 Å². The van der Waals surface area contributed by atoms with Crippen LogP contribution in [-0.4, -0.2) is 22.6 Å². The van der Waals surface area contributed by atoms with Crippen molar-refractivity contribution >= 4 is 11.9 Å². The molecule has 4 rings (SSSR count). The molecule has 1 N–H and O–H groups in total. The van der Waals surface area contributed by atoms with Crippen molar-refractivity contribution in [2.75, 3.05) is 0 Å². The Hall–Kier alpha value is -1.06. The second-order valence-corrected chi connectivity index (χ2v) is 7.80. The van der Waals surface area contributed by atoms with Gasteiger partial charge in [-0.3, -0.25) is 9.59 Å². The van der Waals surface area contributed by atoms with Crippen molar-refractivity contribution in [3.63, 3.8) is 0 Å². The van der Waals surface area contributed by atoms with Gasteiger partial charge in [0.25, 0.3) is 0 Å². The molecule has 4 aliphatic rings. The first-order valence-corrected chi connectivity index (χ1v) is 8.28.